The Hall–Kier alpha value is -1.81. The Morgan fingerprint density at radius 1 is 1.10 bits per heavy atom. The predicted octanol–water partition coefficient (Wildman–Crippen LogP) is 4.23. The molecule has 2 aromatic rings. The lowest BCUT2D eigenvalue weighted by atomic mass is 10.2. The van der Waals surface area contributed by atoms with Crippen molar-refractivity contribution < 1.29 is 0 Å². The van der Waals surface area contributed by atoms with Gasteiger partial charge in [0.1, 0.15) is 17.5 Å². The Bertz CT molecular complexity index is 626. The summed E-state index contributed by atoms with van der Waals surface area (Å²) < 4.78 is 0. The molecule has 20 heavy (non-hydrogen) atoms. The summed E-state index contributed by atoms with van der Waals surface area (Å²) in [6.07, 6.45) is 0. The van der Waals surface area contributed by atoms with Crippen molar-refractivity contribution in [2.75, 3.05) is 17.2 Å². The van der Waals surface area contributed by atoms with Gasteiger partial charge in [-0.05, 0) is 45.4 Å². The molecule has 106 valence electrons. The van der Waals surface area contributed by atoms with Crippen molar-refractivity contribution in [3.05, 3.63) is 40.2 Å². The number of aromatic nitrogens is 2. The Labute approximate surface area is 124 Å². The third-order valence-electron chi connectivity index (χ3n) is 3.04. The van der Waals surface area contributed by atoms with Gasteiger partial charge < -0.3 is 10.6 Å². The molecule has 0 saturated carbocycles. The van der Waals surface area contributed by atoms with E-state index in [0.29, 0.717) is 0 Å². The summed E-state index contributed by atoms with van der Waals surface area (Å²) >= 11 is 6.15. The van der Waals surface area contributed by atoms with Crippen molar-refractivity contribution in [3.8, 4) is 0 Å². The number of benzene rings is 1. The standard InChI is InChI=1S/C15H19ClN4/c1-5-17-14-10(3)15(19-11(4)18-14)20-12-7-6-9(2)13(16)8-12/h6-8H,5H2,1-4H3,(H2,17,18,19,20). The van der Waals surface area contributed by atoms with Crippen LogP contribution in [0.1, 0.15) is 23.9 Å². The first-order valence-electron chi connectivity index (χ1n) is 6.63. The monoisotopic (exact) mass is 290 g/mol. The minimum absolute atomic E-state index is 0.729. The van der Waals surface area contributed by atoms with Crippen LogP contribution in [0.5, 0.6) is 0 Å². The SMILES string of the molecule is CCNc1nc(C)nc(Nc2ccc(C)c(Cl)c2)c1C. The average Bonchev–Trinajstić information content (AvgIpc) is 2.39. The number of halogens is 1. The highest BCUT2D eigenvalue weighted by Crippen LogP contribution is 2.26. The zero-order valence-corrected chi connectivity index (χ0v) is 13.0. The lowest BCUT2D eigenvalue weighted by Crippen LogP contribution is -2.07. The molecule has 0 unspecified atom stereocenters. The topological polar surface area (TPSA) is 49.8 Å². The summed E-state index contributed by atoms with van der Waals surface area (Å²) in [5, 5.41) is 7.29. The smallest absolute Gasteiger partial charge is 0.139 e. The van der Waals surface area contributed by atoms with E-state index >= 15 is 0 Å². The van der Waals surface area contributed by atoms with Crippen LogP contribution in [0.15, 0.2) is 18.2 Å². The van der Waals surface area contributed by atoms with Crippen LogP contribution >= 0.6 is 11.6 Å². The van der Waals surface area contributed by atoms with E-state index < -0.39 is 0 Å². The van der Waals surface area contributed by atoms with E-state index in [0.717, 1.165) is 45.8 Å². The lowest BCUT2D eigenvalue weighted by Gasteiger charge is -2.14. The van der Waals surface area contributed by atoms with Gasteiger partial charge in [0.05, 0.1) is 0 Å². The van der Waals surface area contributed by atoms with Gasteiger partial charge in [0, 0.05) is 22.8 Å². The van der Waals surface area contributed by atoms with Gasteiger partial charge in [0.25, 0.3) is 0 Å². The number of nitrogens with one attached hydrogen (secondary N) is 2. The minimum atomic E-state index is 0.729. The Kier molecular flexibility index (Phi) is 4.45. The molecular formula is C15H19ClN4. The molecule has 0 spiro atoms. The lowest BCUT2D eigenvalue weighted by molar-refractivity contribution is 1.02. The Balaban J connectivity index is 2.35. The minimum Gasteiger partial charge on any atom is -0.370 e. The molecule has 0 atom stereocenters. The molecule has 2 rings (SSSR count). The molecule has 0 aliphatic heterocycles. The van der Waals surface area contributed by atoms with E-state index in [4.69, 9.17) is 11.6 Å². The zero-order chi connectivity index (χ0) is 14.7. The third-order valence-corrected chi connectivity index (χ3v) is 3.44. The van der Waals surface area contributed by atoms with Gasteiger partial charge in [0.15, 0.2) is 0 Å². The van der Waals surface area contributed by atoms with E-state index in [9.17, 15) is 0 Å². The quantitative estimate of drug-likeness (QED) is 0.885. The van der Waals surface area contributed by atoms with E-state index in [-0.39, 0.29) is 0 Å². The van der Waals surface area contributed by atoms with Gasteiger partial charge in [-0.1, -0.05) is 17.7 Å². The van der Waals surface area contributed by atoms with Gasteiger partial charge in [-0.25, -0.2) is 9.97 Å². The van der Waals surface area contributed by atoms with Crippen molar-refractivity contribution >= 4 is 28.9 Å². The van der Waals surface area contributed by atoms with Crippen molar-refractivity contribution in [3.63, 3.8) is 0 Å². The number of anilines is 3. The van der Waals surface area contributed by atoms with Crippen LogP contribution in [0, 0.1) is 20.8 Å². The summed E-state index contributed by atoms with van der Waals surface area (Å²) in [5.41, 5.74) is 2.97. The van der Waals surface area contributed by atoms with Gasteiger partial charge in [-0.3, -0.25) is 0 Å². The van der Waals surface area contributed by atoms with E-state index in [1.165, 1.54) is 0 Å². The van der Waals surface area contributed by atoms with Gasteiger partial charge in [-0.15, -0.1) is 0 Å². The van der Waals surface area contributed by atoms with Crippen molar-refractivity contribution in [1.82, 2.24) is 9.97 Å². The highest BCUT2D eigenvalue weighted by molar-refractivity contribution is 6.31. The average molecular weight is 291 g/mol. The molecule has 0 radical (unpaired) electrons. The van der Waals surface area contributed by atoms with Crippen LogP contribution in [0.4, 0.5) is 17.3 Å². The first kappa shape index (κ1) is 14.6. The van der Waals surface area contributed by atoms with Crippen molar-refractivity contribution in [1.29, 1.82) is 0 Å². The zero-order valence-electron chi connectivity index (χ0n) is 12.2. The molecule has 0 aliphatic carbocycles. The van der Waals surface area contributed by atoms with Crippen LogP contribution in [-0.2, 0) is 0 Å². The van der Waals surface area contributed by atoms with Crippen LogP contribution in [0.2, 0.25) is 5.02 Å². The number of aryl methyl sites for hydroxylation is 2. The highest BCUT2D eigenvalue weighted by atomic mass is 35.5. The first-order chi connectivity index (χ1) is 9.51. The number of nitrogens with zero attached hydrogens (tertiary/aromatic N) is 2. The highest BCUT2D eigenvalue weighted by Gasteiger charge is 2.09. The van der Waals surface area contributed by atoms with Gasteiger partial charge >= 0.3 is 0 Å². The second-order valence-corrected chi connectivity index (χ2v) is 5.12. The summed E-state index contributed by atoms with van der Waals surface area (Å²) in [5.74, 6) is 2.39. The fourth-order valence-corrected chi connectivity index (χ4v) is 2.08. The molecule has 0 amide bonds. The molecule has 2 N–H and O–H groups in total. The number of hydrogen-bond acceptors (Lipinski definition) is 4. The molecule has 0 bridgehead atoms. The number of hydrogen-bond donors (Lipinski definition) is 2. The summed E-state index contributed by atoms with van der Waals surface area (Å²) in [6.45, 7) is 8.73. The van der Waals surface area contributed by atoms with Crippen LogP contribution < -0.4 is 10.6 Å². The van der Waals surface area contributed by atoms with Crippen molar-refractivity contribution in [2.24, 2.45) is 0 Å². The molecule has 0 saturated heterocycles. The van der Waals surface area contributed by atoms with E-state index in [2.05, 4.69) is 20.6 Å². The summed E-state index contributed by atoms with van der Waals surface area (Å²) in [6, 6.07) is 5.88. The molecule has 1 aromatic carbocycles. The van der Waals surface area contributed by atoms with E-state index in [1.807, 2.05) is 45.9 Å². The second kappa shape index (κ2) is 6.09. The second-order valence-electron chi connectivity index (χ2n) is 4.71. The van der Waals surface area contributed by atoms with Crippen LogP contribution in [0.25, 0.3) is 0 Å². The van der Waals surface area contributed by atoms with Gasteiger partial charge in [-0.2, -0.15) is 0 Å². The largest absolute Gasteiger partial charge is 0.370 e. The van der Waals surface area contributed by atoms with Crippen molar-refractivity contribution in [2.45, 2.75) is 27.7 Å². The molecular weight excluding hydrogens is 272 g/mol. The normalized spacial score (nSPS) is 10.4. The fourth-order valence-electron chi connectivity index (χ4n) is 1.90. The van der Waals surface area contributed by atoms with Crippen LogP contribution in [0.3, 0.4) is 0 Å². The maximum absolute atomic E-state index is 6.15. The van der Waals surface area contributed by atoms with Crippen LogP contribution in [-0.4, -0.2) is 16.5 Å². The Morgan fingerprint density at radius 3 is 2.45 bits per heavy atom. The predicted molar refractivity (Wildman–Crippen MR) is 85.1 cm³/mol. The number of rotatable bonds is 4. The fraction of sp³-hybridized carbons (Fsp3) is 0.333. The summed E-state index contributed by atoms with van der Waals surface area (Å²) in [4.78, 5) is 8.87. The van der Waals surface area contributed by atoms with Gasteiger partial charge in [0.2, 0.25) is 0 Å². The van der Waals surface area contributed by atoms with E-state index in [1.54, 1.807) is 0 Å². The molecule has 5 heteroatoms. The Morgan fingerprint density at radius 2 is 1.80 bits per heavy atom. The molecule has 1 heterocycles. The molecule has 4 nitrogen and oxygen atoms in total. The first-order valence-corrected chi connectivity index (χ1v) is 7.01. The third kappa shape index (κ3) is 3.20. The molecule has 0 fully saturated rings. The molecule has 0 aliphatic rings. The maximum Gasteiger partial charge on any atom is 0.139 e. The summed E-state index contributed by atoms with van der Waals surface area (Å²) in [7, 11) is 0. The molecule has 1 aromatic heterocycles. The maximum atomic E-state index is 6.15.